The van der Waals surface area contributed by atoms with Gasteiger partial charge in [0, 0.05) is 6.07 Å². The molecule has 31 heavy (non-hydrogen) atoms. The van der Waals surface area contributed by atoms with Gasteiger partial charge in [0.2, 0.25) is 5.82 Å². The Kier molecular flexibility index (Phi) is 4.99. The number of methoxy groups -OCH3 is 1. The second kappa shape index (κ2) is 7.82. The third kappa shape index (κ3) is 3.49. The number of ether oxygens (including phenoxy) is 1. The van der Waals surface area contributed by atoms with E-state index in [9.17, 15) is 4.79 Å². The number of nitrogens with zero attached hydrogens (tertiary/aromatic N) is 3. The van der Waals surface area contributed by atoms with E-state index in [-0.39, 0.29) is 11.4 Å². The number of aromatic nitrogens is 2. The molecule has 0 atom stereocenters. The topological polar surface area (TPSA) is 82.8 Å². The van der Waals surface area contributed by atoms with Crippen LogP contribution in [0, 0.1) is 0 Å². The maximum absolute atomic E-state index is 13.2. The van der Waals surface area contributed by atoms with Crippen LogP contribution in [0.4, 0.5) is 0 Å². The quantitative estimate of drug-likeness (QED) is 0.267. The molecule has 3 aromatic heterocycles. The Morgan fingerprint density at radius 1 is 1.06 bits per heavy atom. The highest BCUT2D eigenvalue weighted by Gasteiger charge is 2.18. The fourth-order valence-electron chi connectivity index (χ4n) is 3.25. The molecule has 5 rings (SSSR count). The number of rotatable bonds is 4. The van der Waals surface area contributed by atoms with Crippen molar-refractivity contribution >= 4 is 59.9 Å². The van der Waals surface area contributed by atoms with Crippen LogP contribution in [-0.4, -0.2) is 23.0 Å². The molecule has 0 amide bonds. The molecule has 0 N–H and O–H groups in total. The zero-order valence-corrected chi connectivity index (χ0v) is 19.2. The molecule has 3 heterocycles. The zero-order chi connectivity index (χ0) is 21.5. The van der Waals surface area contributed by atoms with Gasteiger partial charge in [0.05, 0.1) is 34.1 Å². The predicted octanol–water partition coefficient (Wildman–Crippen LogP) is 5.82. The number of hydrogen-bond acceptors (Lipinski definition) is 6. The van der Waals surface area contributed by atoms with Crippen LogP contribution in [0.15, 0.2) is 82.5 Å². The Morgan fingerprint density at radius 3 is 2.68 bits per heavy atom. The first-order valence-electron chi connectivity index (χ1n) is 9.13. The summed E-state index contributed by atoms with van der Waals surface area (Å²) in [6.45, 7) is 0. The molecule has 0 fully saturated rings. The molecule has 0 spiro atoms. The molecular formula is C22H13Br2N3O4. The van der Waals surface area contributed by atoms with Gasteiger partial charge in [-0.05, 0) is 62.2 Å². The molecule has 7 nitrogen and oxygen atoms in total. The van der Waals surface area contributed by atoms with Gasteiger partial charge in [-0.2, -0.15) is 9.78 Å². The van der Waals surface area contributed by atoms with Crippen LogP contribution in [0.1, 0.15) is 5.76 Å². The summed E-state index contributed by atoms with van der Waals surface area (Å²) in [5, 5.41) is 5.58. The molecule has 0 saturated heterocycles. The van der Waals surface area contributed by atoms with E-state index >= 15 is 0 Å². The summed E-state index contributed by atoms with van der Waals surface area (Å²) in [6.07, 6.45) is 1.44. The maximum Gasteiger partial charge on any atom is 0.282 e. The summed E-state index contributed by atoms with van der Waals surface area (Å²) >= 11 is 6.65. The number of para-hydroxylation sites is 1. The monoisotopic (exact) mass is 541 g/mol. The standard InChI is InChI=1S/C22H13Br2N3O4/c1-29-17-7-4-8-18-14(17)10-19(31-18)21-26-16-6-3-2-5-13(16)22(28)27(21)25-11-12-9-15(23)20(24)30-12/h2-11H,1H3. The molecule has 5 aromatic rings. The van der Waals surface area contributed by atoms with Crippen molar-refractivity contribution in [2.24, 2.45) is 5.10 Å². The van der Waals surface area contributed by atoms with Crippen LogP contribution in [0.5, 0.6) is 5.75 Å². The van der Waals surface area contributed by atoms with Gasteiger partial charge in [-0.1, -0.05) is 18.2 Å². The minimum atomic E-state index is -0.325. The number of furan rings is 2. The molecule has 2 aromatic carbocycles. The lowest BCUT2D eigenvalue weighted by Gasteiger charge is -2.06. The first-order valence-corrected chi connectivity index (χ1v) is 10.7. The van der Waals surface area contributed by atoms with Gasteiger partial charge >= 0.3 is 0 Å². The van der Waals surface area contributed by atoms with E-state index in [1.807, 2.05) is 24.3 Å². The molecule has 0 radical (unpaired) electrons. The van der Waals surface area contributed by atoms with Crippen LogP contribution in [0.25, 0.3) is 33.5 Å². The Balaban J connectivity index is 1.75. The summed E-state index contributed by atoms with van der Waals surface area (Å²) in [5.74, 6) is 1.77. The van der Waals surface area contributed by atoms with Gasteiger partial charge in [-0.15, -0.1) is 0 Å². The highest BCUT2D eigenvalue weighted by Crippen LogP contribution is 2.33. The van der Waals surface area contributed by atoms with E-state index in [0.29, 0.717) is 38.4 Å². The molecular weight excluding hydrogens is 530 g/mol. The smallest absolute Gasteiger partial charge is 0.282 e. The summed E-state index contributed by atoms with van der Waals surface area (Å²) in [5.41, 5.74) is 0.838. The average Bonchev–Trinajstić information content (AvgIpc) is 3.35. The van der Waals surface area contributed by atoms with Crippen molar-refractivity contribution in [1.29, 1.82) is 0 Å². The largest absolute Gasteiger partial charge is 0.496 e. The summed E-state index contributed by atoms with van der Waals surface area (Å²) in [6, 6.07) is 16.1. The molecule has 0 aliphatic heterocycles. The Morgan fingerprint density at radius 2 is 1.90 bits per heavy atom. The number of halogens is 2. The minimum absolute atomic E-state index is 0.267. The van der Waals surface area contributed by atoms with Gasteiger partial charge in [0.15, 0.2) is 10.4 Å². The lowest BCUT2D eigenvalue weighted by molar-refractivity contribution is 0.419. The van der Waals surface area contributed by atoms with Crippen molar-refractivity contribution in [2.45, 2.75) is 0 Å². The van der Waals surface area contributed by atoms with E-state index in [4.69, 9.17) is 13.6 Å². The van der Waals surface area contributed by atoms with Gasteiger partial charge in [-0.3, -0.25) is 4.79 Å². The number of hydrogen-bond donors (Lipinski definition) is 0. The van der Waals surface area contributed by atoms with Gasteiger partial charge in [0.25, 0.3) is 5.56 Å². The fourth-order valence-corrected chi connectivity index (χ4v) is 3.86. The second-order valence-electron chi connectivity index (χ2n) is 6.57. The molecule has 9 heteroatoms. The molecule has 0 saturated carbocycles. The van der Waals surface area contributed by atoms with Crippen LogP contribution in [0.2, 0.25) is 0 Å². The summed E-state index contributed by atoms with van der Waals surface area (Å²) in [7, 11) is 1.59. The lowest BCUT2D eigenvalue weighted by Crippen LogP contribution is -2.20. The lowest BCUT2D eigenvalue weighted by atomic mass is 10.2. The molecule has 154 valence electrons. The van der Waals surface area contributed by atoms with Crippen molar-refractivity contribution in [3.8, 4) is 17.3 Å². The van der Waals surface area contributed by atoms with Gasteiger partial charge < -0.3 is 13.6 Å². The normalized spacial score (nSPS) is 11.7. The number of benzene rings is 2. The van der Waals surface area contributed by atoms with Crippen molar-refractivity contribution in [3.05, 3.63) is 79.9 Å². The van der Waals surface area contributed by atoms with E-state index in [2.05, 4.69) is 41.9 Å². The SMILES string of the molecule is COc1cccc2oc(-c3nc4ccccc4c(=O)n3N=Cc3cc(Br)c(Br)o3)cc12. The van der Waals surface area contributed by atoms with Crippen LogP contribution in [-0.2, 0) is 0 Å². The van der Waals surface area contributed by atoms with E-state index in [1.165, 1.54) is 10.9 Å². The highest BCUT2D eigenvalue weighted by molar-refractivity contribution is 9.13. The third-order valence-corrected chi connectivity index (χ3v) is 6.39. The molecule has 0 aliphatic rings. The third-order valence-electron chi connectivity index (χ3n) is 4.68. The highest BCUT2D eigenvalue weighted by atomic mass is 79.9. The minimum Gasteiger partial charge on any atom is -0.496 e. The van der Waals surface area contributed by atoms with E-state index in [0.717, 1.165) is 9.86 Å². The Hall–Kier alpha value is -3.17. The van der Waals surface area contributed by atoms with Crippen LogP contribution >= 0.6 is 31.9 Å². The second-order valence-corrected chi connectivity index (χ2v) is 8.14. The average molecular weight is 543 g/mol. The van der Waals surface area contributed by atoms with Gasteiger partial charge in [0.1, 0.15) is 17.1 Å². The van der Waals surface area contributed by atoms with E-state index in [1.54, 1.807) is 37.4 Å². The van der Waals surface area contributed by atoms with Crippen molar-refractivity contribution in [3.63, 3.8) is 0 Å². The first kappa shape index (κ1) is 19.8. The Labute approximate surface area is 192 Å². The maximum atomic E-state index is 13.2. The molecule has 0 bridgehead atoms. The zero-order valence-electron chi connectivity index (χ0n) is 16.0. The van der Waals surface area contributed by atoms with Crippen molar-refractivity contribution in [1.82, 2.24) is 9.66 Å². The summed E-state index contributed by atoms with van der Waals surface area (Å²) in [4.78, 5) is 17.9. The molecule has 0 unspecified atom stereocenters. The van der Waals surface area contributed by atoms with E-state index < -0.39 is 0 Å². The van der Waals surface area contributed by atoms with Crippen molar-refractivity contribution < 1.29 is 13.6 Å². The fraction of sp³-hybridized carbons (Fsp3) is 0.0455. The Bertz CT molecular complexity index is 1510. The first-order chi connectivity index (χ1) is 15.0. The number of fused-ring (bicyclic) bond motifs is 2. The summed E-state index contributed by atoms with van der Waals surface area (Å²) < 4.78 is 19.4. The van der Waals surface area contributed by atoms with Crippen LogP contribution < -0.4 is 10.3 Å². The van der Waals surface area contributed by atoms with Crippen molar-refractivity contribution in [2.75, 3.05) is 7.11 Å². The molecule has 0 aliphatic carbocycles. The predicted molar refractivity (Wildman–Crippen MR) is 125 cm³/mol. The van der Waals surface area contributed by atoms with Crippen LogP contribution in [0.3, 0.4) is 0 Å². The van der Waals surface area contributed by atoms with Gasteiger partial charge in [-0.25, -0.2) is 4.98 Å².